The summed E-state index contributed by atoms with van der Waals surface area (Å²) in [4.78, 5) is 15.1. The maximum atomic E-state index is 12.0. The molecule has 0 radical (unpaired) electrons. The van der Waals surface area contributed by atoms with Crippen molar-refractivity contribution < 1.29 is 4.79 Å². The highest BCUT2D eigenvalue weighted by molar-refractivity contribution is 6.07. The molecule has 4 heteroatoms. The standard InChI is InChI=1S/C14H17N3O/c15-10-3-4-11-12(8-17-13(11)7-10)14(18)16-6-5-9-1-2-9/h3-4,7-9,17H,1-2,5-6,15H2,(H,16,18). The van der Waals surface area contributed by atoms with Crippen LogP contribution in [0.2, 0.25) is 0 Å². The minimum Gasteiger partial charge on any atom is -0.399 e. The minimum absolute atomic E-state index is 0.00771. The topological polar surface area (TPSA) is 70.9 Å². The lowest BCUT2D eigenvalue weighted by Gasteiger charge is -2.03. The van der Waals surface area contributed by atoms with Gasteiger partial charge >= 0.3 is 0 Å². The van der Waals surface area contributed by atoms with Crippen molar-refractivity contribution >= 4 is 22.5 Å². The quantitative estimate of drug-likeness (QED) is 0.721. The first-order valence-electron chi connectivity index (χ1n) is 6.39. The van der Waals surface area contributed by atoms with Crippen LogP contribution in [0.4, 0.5) is 5.69 Å². The van der Waals surface area contributed by atoms with Crippen LogP contribution >= 0.6 is 0 Å². The van der Waals surface area contributed by atoms with Crippen LogP contribution in [-0.2, 0) is 0 Å². The van der Waals surface area contributed by atoms with Crippen molar-refractivity contribution in [3.63, 3.8) is 0 Å². The summed E-state index contributed by atoms with van der Waals surface area (Å²) in [7, 11) is 0. The zero-order valence-electron chi connectivity index (χ0n) is 10.2. The normalized spacial score (nSPS) is 14.9. The molecule has 0 aliphatic heterocycles. The molecule has 2 aromatic rings. The second-order valence-corrected chi connectivity index (χ2v) is 5.00. The number of nitrogens with two attached hydrogens (primary N) is 1. The number of hydrogen-bond donors (Lipinski definition) is 3. The predicted octanol–water partition coefficient (Wildman–Crippen LogP) is 2.28. The van der Waals surface area contributed by atoms with Gasteiger partial charge < -0.3 is 16.0 Å². The van der Waals surface area contributed by atoms with Gasteiger partial charge in [0.15, 0.2) is 0 Å². The average molecular weight is 243 g/mol. The van der Waals surface area contributed by atoms with E-state index in [0.717, 1.165) is 29.8 Å². The van der Waals surface area contributed by atoms with Gasteiger partial charge in [0.05, 0.1) is 5.56 Å². The van der Waals surface area contributed by atoms with Gasteiger partial charge in [0.2, 0.25) is 0 Å². The molecular weight excluding hydrogens is 226 g/mol. The third-order valence-corrected chi connectivity index (χ3v) is 3.49. The van der Waals surface area contributed by atoms with Crippen molar-refractivity contribution in [2.24, 2.45) is 5.92 Å². The van der Waals surface area contributed by atoms with Crippen LogP contribution in [0.15, 0.2) is 24.4 Å². The molecule has 1 aromatic carbocycles. The summed E-state index contributed by atoms with van der Waals surface area (Å²) < 4.78 is 0. The average Bonchev–Trinajstić information content (AvgIpc) is 3.07. The van der Waals surface area contributed by atoms with E-state index in [9.17, 15) is 4.79 Å². The van der Waals surface area contributed by atoms with E-state index in [-0.39, 0.29) is 5.91 Å². The molecule has 1 aliphatic carbocycles. The molecule has 0 atom stereocenters. The van der Waals surface area contributed by atoms with Gasteiger partial charge in [0.1, 0.15) is 0 Å². The Balaban J connectivity index is 1.73. The summed E-state index contributed by atoms with van der Waals surface area (Å²) in [6.07, 6.45) is 5.49. The molecule has 1 aromatic heterocycles. The Labute approximate surface area is 106 Å². The molecule has 94 valence electrons. The molecule has 18 heavy (non-hydrogen) atoms. The molecule has 4 nitrogen and oxygen atoms in total. The van der Waals surface area contributed by atoms with Crippen molar-refractivity contribution in [3.8, 4) is 0 Å². The molecule has 0 bridgehead atoms. The lowest BCUT2D eigenvalue weighted by atomic mass is 10.1. The molecule has 1 amide bonds. The molecule has 1 fully saturated rings. The number of H-pyrrole nitrogens is 1. The number of anilines is 1. The highest BCUT2D eigenvalue weighted by atomic mass is 16.1. The Bertz CT molecular complexity index is 584. The lowest BCUT2D eigenvalue weighted by Crippen LogP contribution is -2.24. The number of hydrogen-bond acceptors (Lipinski definition) is 2. The number of benzene rings is 1. The van der Waals surface area contributed by atoms with E-state index >= 15 is 0 Å². The Morgan fingerprint density at radius 3 is 3.06 bits per heavy atom. The van der Waals surface area contributed by atoms with Crippen LogP contribution in [0.1, 0.15) is 29.6 Å². The fourth-order valence-corrected chi connectivity index (χ4v) is 2.22. The summed E-state index contributed by atoms with van der Waals surface area (Å²) in [5.41, 5.74) is 8.01. The van der Waals surface area contributed by atoms with Crippen LogP contribution < -0.4 is 11.1 Å². The predicted molar refractivity (Wildman–Crippen MR) is 72.4 cm³/mol. The zero-order valence-corrected chi connectivity index (χ0v) is 10.2. The largest absolute Gasteiger partial charge is 0.399 e. The molecule has 0 spiro atoms. The third kappa shape index (κ3) is 2.18. The smallest absolute Gasteiger partial charge is 0.253 e. The van der Waals surface area contributed by atoms with Crippen molar-refractivity contribution in [1.29, 1.82) is 0 Å². The van der Waals surface area contributed by atoms with Crippen molar-refractivity contribution in [2.45, 2.75) is 19.3 Å². The summed E-state index contributed by atoms with van der Waals surface area (Å²) in [5.74, 6) is 0.833. The number of carbonyl (C=O) groups excluding carboxylic acids is 1. The fourth-order valence-electron chi connectivity index (χ4n) is 2.22. The van der Waals surface area contributed by atoms with Gasteiger partial charge in [-0.15, -0.1) is 0 Å². The van der Waals surface area contributed by atoms with Crippen LogP contribution in [0, 0.1) is 5.92 Å². The van der Waals surface area contributed by atoms with E-state index in [1.54, 1.807) is 6.20 Å². The van der Waals surface area contributed by atoms with E-state index in [4.69, 9.17) is 5.73 Å². The number of nitrogens with one attached hydrogen (secondary N) is 2. The highest BCUT2D eigenvalue weighted by Gasteiger charge is 2.21. The van der Waals surface area contributed by atoms with Crippen molar-refractivity contribution in [2.75, 3.05) is 12.3 Å². The molecule has 0 saturated heterocycles. The van der Waals surface area contributed by atoms with Crippen LogP contribution in [-0.4, -0.2) is 17.4 Å². The van der Waals surface area contributed by atoms with E-state index in [2.05, 4.69) is 10.3 Å². The van der Waals surface area contributed by atoms with Gasteiger partial charge in [0, 0.05) is 29.3 Å². The van der Waals surface area contributed by atoms with Gasteiger partial charge in [-0.1, -0.05) is 12.8 Å². The van der Waals surface area contributed by atoms with Crippen LogP contribution in [0.3, 0.4) is 0 Å². The van der Waals surface area contributed by atoms with E-state index in [1.807, 2.05) is 18.2 Å². The summed E-state index contributed by atoms with van der Waals surface area (Å²) in [6, 6.07) is 5.55. The summed E-state index contributed by atoms with van der Waals surface area (Å²) >= 11 is 0. The van der Waals surface area contributed by atoms with E-state index in [1.165, 1.54) is 12.8 Å². The van der Waals surface area contributed by atoms with Gasteiger partial charge in [-0.05, 0) is 30.5 Å². The summed E-state index contributed by atoms with van der Waals surface area (Å²) in [5, 5.41) is 3.90. The number of nitrogen functional groups attached to an aromatic ring is 1. The first-order valence-corrected chi connectivity index (χ1v) is 6.39. The van der Waals surface area contributed by atoms with Crippen molar-refractivity contribution in [1.82, 2.24) is 10.3 Å². The second-order valence-electron chi connectivity index (χ2n) is 5.00. The number of rotatable bonds is 4. The Kier molecular flexibility index (Phi) is 2.70. The highest BCUT2D eigenvalue weighted by Crippen LogP contribution is 2.31. The van der Waals surface area contributed by atoms with Gasteiger partial charge in [-0.2, -0.15) is 0 Å². The molecule has 1 heterocycles. The minimum atomic E-state index is -0.00771. The molecule has 1 aliphatic rings. The third-order valence-electron chi connectivity index (χ3n) is 3.49. The Hall–Kier alpha value is -1.97. The number of carbonyl (C=O) groups is 1. The maximum Gasteiger partial charge on any atom is 0.253 e. The van der Waals surface area contributed by atoms with Gasteiger partial charge in [-0.3, -0.25) is 4.79 Å². The number of fused-ring (bicyclic) bond motifs is 1. The molecular formula is C14H17N3O. The van der Waals surface area contributed by atoms with E-state index in [0.29, 0.717) is 11.3 Å². The monoisotopic (exact) mass is 243 g/mol. The first kappa shape index (κ1) is 11.1. The van der Waals surface area contributed by atoms with Crippen molar-refractivity contribution in [3.05, 3.63) is 30.0 Å². The molecule has 3 rings (SSSR count). The molecule has 0 unspecified atom stereocenters. The molecule has 4 N–H and O–H groups in total. The Morgan fingerprint density at radius 2 is 2.28 bits per heavy atom. The van der Waals surface area contributed by atoms with Crippen LogP contribution in [0.5, 0.6) is 0 Å². The lowest BCUT2D eigenvalue weighted by molar-refractivity contribution is 0.0954. The summed E-state index contributed by atoms with van der Waals surface area (Å²) in [6.45, 7) is 0.769. The SMILES string of the molecule is Nc1ccc2c(C(=O)NCCC3CC3)c[nH]c2c1. The second kappa shape index (κ2) is 4.37. The first-order chi connectivity index (χ1) is 8.74. The van der Waals surface area contributed by atoms with Gasteiger partial charge in [0.25, 0.3) is 5.91 Å². The number of aromatic amines is 1. The van der Waals surface area contributed by atoms with Gasteiger partial charge in [-0.25, -0.2) is 0 Å². The fraction of sp³-hybridized carbons (Fsp3) is 0.357. The number of amides is 1. The van der Waals surface area contributed by atoms with E-state index < -0.39 is 0 Å². The van der Waals surface area contributed by atoms with Crippen LogP contribution in [0.25, 0.3) is 10.9 Å². The Morgan fingerprint density at radius 1 is 1.44 bits per heavy atom. The molecule has 1 saturated carbocycles. The zero-order chi connectivity index (χ0) is 12.5. The number of aromatic nitrogens is 1. The maximum absolute atomic E-state index is 12.0.